The first-order valence-electron chi connectivity index (χ1n) is 11.5. The third-order valence-corrected chi connectivity index (χ3v) is 8.38. The van der Waals surface area contributed by atoms with Crippen molar-refractivity contribution in [2.75, 3.05) is 13.2 Å². The highest BCUT2D eigenvalue weighted by atomic mass is 32.1. The fourth-order valence-corrected chi connectivity index (χ4v) is 6.81. The largest absolute Gasteiger partial charge is 0.386 e. The molecule has 0 spiro atoms. The van der Waals surface area contributed by atoms with Crippen LogP contribution < -0.4 is 11.2 Å². The lowest BCUT2D eigenvalue weighted by Crippen LogP contribution is -2.39. The maximum atomic E-state index is 13.7. The Morgan fingerprint density at radius 2 is 2.00 bits per heavy atom. The number of thiophene rings is 2. The van der Waals surface area contributed by atoms with Crippen molar-refractivity contribution < 1.29 is 14.7 Å². The fourth-order valence-electron chi connectivity index (χ4n) is 4.29. The Morgan fingerprint density at radius 1 is 1.22 bits per heavy atom. The number of pyridine rings is 1. The lowest BCUT2D eigenvalue weighted by Gasteiger charge is -2.17. The Balaban J connectivity index is 1.68. The van der Waals surface area contributed by atoms with Crippen molar-refractivity contribution >= 4 is 38.8 Å². The normalized spacial score (nSPS) is 18.0. The highest BCUT2D eigenvalue weighted by Gasteiger charge is 2.38. The van der Waals surface area contributed by atoms with Crippen LogP contribution in [0.4, 0.5) is 0 Å². The zero-order chi connectivity index (χ0) is 25.8. The molecule has 1 fully saturated rings. The van der Waals surface area contributed by atoms with Crippen molar-refractivity contribution in [3.63, 3.8) is 0 Å². The number of amides is 1. The molecule has 0 bridgehead atoms. The predicted octanol–water partition coefficient (Wildman–Crippen LogP) is 3.20. The Labute approximate surface area is 214 Å². The van der Waals surface area contributed by atoms with Gasteiger partial charge in [-0.3, -0.25) is 28.5 Å². The zero-order valence-corrected chi connectivity index (χ0v) is 22.0. The number of β-amino-alcohol motifs (C(OH)–C–C–N with tert-alkyl or cyclic N) is 1. The SMILES string of the molecule is CC(C)n1c(=O)n(C)c(=O)c2c(C(=O)N3C[C@](C)(O)CO3)c(Cc3ccc(-c4ccccn4)s3)sc21. The molecule has 1 aliphatic heterocycles. The first kappa shape index (κ1) is 24.6. The second-order valence-electron chi connectivity index (χ2n) is 9.46. The molecule has 9 nitrogen and oxygen atoms in total. The van der Waals surface area contributed by atoms with E-state index in [-0.39, 0.29) is 30.1 Å². The van der Waals surface area contributed by atoms with E-state index in [1.807, 2.05) is 44.2 Å². The van der Waals surface area contributed by atoms with Crippen LogP contribution in [0.5, 0.6) is 0 Å². The first-order valence-corrected chi connectivity index (χ1v) is 13.1. The van der Waals surface area contributed by atoms with Gasteiger partial charge in [0.1, 0.15) is 17.0 Å². The summed E-state index contributed by atoms with van der Waals surface area (Å²) in [5.41, 5.74) is -1.06. The van der Waals surface area contributed by atoms with Crippen molar-refractivity contribution in [3.05, 3.63) is 72.7 Å². The fraction of sp³-hybridized carbons (Fsp3) is 0.360. The number of aromatic nitrogens is 3. The van der Waals surface area contributed by atoms with E-state index >= 15 is 0 Å². The molecule has 4 aromatic heterocycles. The highest BCUT2D eigenvalue weighted by molar-refractivity contribution is 7.19. The van der Waals surface area contributed by atoms with E-state index in [0.29, 0.717) is 16.1 Å². The van der Waals surface area contributed by atoms with Crippen molar-refractivity contribution in [1.82, 2.24) is 19.2 Å². The summed E-state index contributed by atoms with van der Waals surface area (Å²) >= 11 is 2.84. The van der Waals surface area contributed by atoms with E-state index in [0.717, 1.165) is 25.1 Å². The molecule has 0 aliphatic carbocycles. The van der Waals surface area contributed by atoms with Gasteiger partial charge in [0, 0.05) is 35.5 Å². The number of hydrogen-bond donors (Lipinski definition) is 1. The summed E-state index contributed by atoms with van der Waals surface area (Å²) in [7, 11) is 1.42. The molecule has 5 heterocycles. The van der Waals surface area contributed by atoms with Crippen molar-refractivity contribution in [1.29, 1.82) is 0 Å². The Hall–Kier alpha value is -3.12. The van der Waals surface area contributed by atoms with Gasteiger partial charge in [0.15, 0.2) is 0 Å². The molecule has 1 aliphatic rings. The third-order valence-electron chi connectivity index (χ3n) is 6.08. The van der Waals surface area contributed by atoms with Crippen LogP contribution in [0.15, 0.2) is 46.1 Å². The average molecular weight is 527 g/mol. The monoisotopic (exact) mass is 526 g/mol. The number of nitrogens with zero attached hydrogens (tertiary/aromatic N) is 4. The number of carbonyl (C=O) groups is 1. The van der Waals surface area contributed by atoms with Gasteiger partial charge in [-0.15, -0.1) is 22.7 Å². The molecule has 1 atom stereocenters. The standard InChI is InChI=1S/C25H26N4O5S2/c1-14(2)29-23-20(21(30)27(4)24(29)32)19(22(31)28-12-25(3,33)13-34-28)18(36-23)11-15-8-9-17(35-15)16-7-5-6-10-26-16/h5-10,14,33H,11-13H2,1-4H3/t25-/m0/s1. The van der Waals surface area contributed by atoms with Gasteiger partial charge in [0.05, 0.1) is 28.1 Å². The molecular weight excluding hydrogens is 500 g/mol. The maximum absolute atomic E-state index is 13.7. The minimum absolute atomic E-state index is 0.0183. The number of hydrogen-bond acceptors (Lipinski definition) is 8. The zero-order valence-electron chi connectivity index (χ0n) is 20.3. The van der Waals surface area contributed by atoms with Gasteiger partial charge in [-0.1, -0.05) is 6.07 Å². The topological polar surface area (TPSA) is 107 Å². The molecule has 0 radical (unpaired) electrons. The van der Waals surface area contributed by atoms with Crippen LogP contribution >= 0.6 is 22.7 Å². The van der Waals surface area contributed by atoms with Crippen LogP contribution in [-0.2, 0) is 18.3 Å². The maximum Gasteiger partial charge on any atom is 0.332 e. The van der Waals surface area contributed by atoms with Gasteiger partial charge in [0.2, 0.25) is 0 Å². The smallest absolute Gasteiger partial charge is 0.332 e. The van der Waals surface area contributed by atoms with Gasteiger partial charge < -0.3 is 5.11 Å². The number of aliphatic hydroxyl groups is 1. The molecule has 0 aromatic carbocycles. The molecule has 0 saturated carbocycles. The van der Waals surface area contributed by atoms with Gasteiger partial charge in [-0.25, -0.2) is 9.86 Å². The van der Waals surface area contributed by atoms with Crippen molar-refractivity contribution in [3.8, 4) is 10.6 Å². The van der Waals surface area contributed by atoms with E-state index in [4.69, 9.17) is 4.84 Å². The van der Waals surface area contributed by atoms with E-state index in [1.54, 1.807) is 29.0 Å². The van der Waals surface area contributed by atoms with E-state index in [2.05, 4.69) is 4.98 Å². The summed E-state index contributed by atoms with van der Waals surface area (Å²) in [5.74, 6) is -0.499. The summed E-state index contributed by atoms with van der Waals surface area (Å²) in [6.07, 6.45) is 2.14. The van der Waals surface area contributed by atoms with Crippen LogP contribution in [0.3, 0.4) is 0 Å². The minimum Gasteiger partial charge on any atom is -0.386 e. The first-order chi connectivity index (χ1) is 17.1. The summed E-state index contributed by atoms with van der Waals surface area (Å²) in [5, 5.41) is 11.7. The molecule has 188 valence electrons. The highest BCUT2D eigenvalue weighted by Crippen LogP contribution is 2.36. The second kappa shape index (κ2) is 9.07. The molecule has 11 heteroatoms. The van der Waals surface area contributed by atoms with Crippen LogP contribution in [-0.4, -0.2) is 48.9 Å². The molecule has 1 amide bonds. The van der Waals surface area contributed by atoms with Gasteiger partial charge in [0.25, 0.3) is 11.5 Å². The summed E-state index contributed by atoms with van der Waals surface area (Å²) in [4.78, 5) is 53.0. The minimum atomic E-state index is -1.18. The number of hydroxylamine groups is 2. The van der Waals surface area contributed by atoms with Gasteiger partial charge >= 0.3 is 5.69 Å². The molecule has 4 aromatic rings. The van der Waals surface area contributed by atoms with Crippen molar-refractivity contribution in [2.45, 2.75) is 38.8 Å². The molecule has 1 N–H and O–H groups in total. The summed E-state index contributed by atoms with van der Waals surface area (Å²) in [6, 6.07) is 9.48. The second-order valence-corrected chi connectivity index (χ2v) is 11.7. The third kappa shape index (κ3) is 4.21. The quantitative estimate of drug-likeness (QED) is 0.428. The summed E-state index contributed by atoms with van der Waals surface area (Å²) in [6.45, 7) is 5.28. The van der Waals surface area contributed by atoms with Crippen LogP contribution in [0, 0.1) is 0 Å². The Morgan fingerprint density at radius 3 is 2.64 bits per heavy atom. The lowest BCUT2D eigenvalue weighted by atomic mass is 10.1. The average Bonchev–Trinajstić information content (AvgIpc) is 3.55. The number of rotatable bonds is 5. The van der Waals surface area contributed by atoms with Crippen molar-refractivity contribution in [2.24, 2.45) is 7.05 Å². The predicted molar refractivity (Wildman–Crippen MR) is 140 cm³/mol. The number of fused-ring (bicyclic) bond motifs is 1. The Kier molecular flexibility index (Phi) is 6.19. The lowest BCUT2D eigenvalue weighted by molar-refractivity contribution is -0.0796. The van der Waals surface area contributed by atoms with Gasteiger partial charge in [-0.2, -0.15) is 0 Å². The molecule has 36 heavy (non-hydrogen) atoms. The number of carbonyl (C=O) groups excluding carboxylic acids is 1. The molecule has 1 saturated heterocycles. The van der Waals surface area contributed by atoms with E-state index in [9.17, 15) is 19.5 Å². The van der Waals surface area contributed by atoms with E-state index in [1.165, 1.54) is 18.4 Å². The summed E-state index contributed by atoms with van der Waals surface area (Å²) < 4.78 is 2.59. The van der Waals surface area contributed by atoms with Gasteiger partial charge in [-0.05, 0) is 45.0 Å². The molecular formula is C25H26N4O5S2. The van der Waals surface area contributed by atoms with Crippen LogP contribution in [0.2, 0.25) is 0 Å². The van der Waals surface area contributed by atoms with E-state index < -0.39 is 22.8 Å². The Bertz CT molecular complexity index is 1580. The van der Waals surface area contributed by atoms with Crippen LogP contribution in [0.1, 0.15) is 46.9 Å². The molecule has 5 rings (SSSR count). The molecule has 0 unspecified atom stereocenters. The van der Waals surface area contributed by atoms with Crippen LogP contribution in [0.25, 0.3) is 20.8 Å².